The highest BCUT2D eigenvalue weighted by molar-refractivity contribution is 7.15. The lowest BCUT2D eigenvalue weighted by atomic mass is 10.2. The third-order valence-corrected chi connectivity index (χ3v) is 5.92. The number of anilines is 2. The first kappa shape index (κ1) is 23.9. The fourth-order valence-electron chi connectivity index (χ4n) is 3.09. The van der Waals surface area contributed by atoms with Crippen molar-refractivity contribution in [3.8, 4) is 0 Å². The Hall–Kier alpha value is -2.74. The minimum atomic E-state index is -4.50. The van der Waals surface area contributed by atoms with E-state index in [-0.39, 0.29) is 35.7 Å². The Bertz CT molecular complexity index is 973. The molecule has 14 heteroatoms. The van der Waals surface area contributed by atoms with Crippen molar-refractivity contribution in [2.24, 2.45) is 0 Å². The summed E-state index contributed by atoms with van der Waals surface area (Å²) in [6.45, 7) is 5.73. The molecule has 10 nitrogen and oxygen atoms in total. The van der Waals surface area contributed by atoms with Crippen LogP contribution in [0.3, 0.4) is 0 Å². The normalized spacial score (nSPS) is 15.7. The molecule has 32 heavy (non-hydrogen) atoms. The van der Waals surface area contributed by atoms with Gasteiger partial charge in [0.05, 0.1) is 31.5 Å². The number of rotatable bonds is 8. The van der Waals surface area contributed by atoms with E-state index in [1.54, 1.807) is 16.7 Å². The fraction of sp³-hybridized carbons (Fsp3) is 0.611. The van der Waals surface area contributed by atoms with Crippen LogP contribution in [0.2, 0.25) is 0 Å². The number of H-pyrrole nitrogens is 1. The van der Waals surface area contributed by atoms with Gasteiger partial charge in [0, 0.05) is 37.8 Å². The average Bonchev–Trinajstić information content (AvgIpc) is 3.25. The van der Waals surface area contributed by atoms with Gasteiger partial charge in [-0.05, 0) is 13.8 Å². The minimum absolute atomic E-state index is 0.0758. The molecule has 3 rings (SSSR count). The Balaban J connectivity index is 1.36. The number of ether oxygens (including phenoxy) is 1. The molecule has 1 atom stereocenters. The monoisotopic (exact) mass is 475 g/mol. The number of carbonyl (C=O) groups excluding carboxylic acids is 1. The van der Waals surface area contributed by atoms with Crippen molar-refractivity contribution in [1.29, 1.82) is 0 Å². The van der Waals surface area contributed by atoms with E-state index in [4.69, 9.17) is 4.74 Å². The van der Waals surface area contributed by atoms with Crippen LogP contribution in [0.15, 0.2) is 11.0 Å². The number of nitrogens with zero attached hydrogens (tertiary/aromatic N) is 5. The van der Waals surface area contributed by atoms with E-state index < -0.39 is 11.2 Å². The maximum Gasteiger partial charge on any atom is 0.445 e. The van der Waals surface area contributed by atoms with Crippen molar-refractivity contribution in [2.45, 2.75) is 32.5 Å². The lowest BCUT2D eigenvalue weighted by Crippen LogP contribution is -2.49. The number of aromatic nitrogens is 4. The highest BCUT2D eigenvalue weighted by Crippen LogP contribution is 2.34. The maximum atomic E-state index is 12.7. The van der Waals surface area contributed by atoms with Gasteiger partial charge in [-0.25, -0.2) is 5.10 Å². The van der Waals surface area contributed by atoms with Gasteiger partial charge in [-0.2, -0.15) is 18.3 Å². The molecular weight excluding hydrogens is 451 g/mol. The quantitative estimate of drug-likeness (QED) is 0.552. The van der Waals surface area contributed by atoms with Gasteiger partial charge in [-0.1, -0.05) is 11.3 Å². The molecule has 1 aliphatic rings. The van der Waals surface area contributed by atoms with Gasteiger partial charge in [-0.15, -0.1) is 10.2 Å². The first-order valence-electron chi connectivity index (χ1n) is 9.97. The number of halogens is 3. The smallest absolute Gasteiger partial charge is 0.379 e. The molecular formula is C18H24F3N7O3S. The van der Waals surface area contributed by atoms with Crippen LogP contribution in [-0.2, 0) is 15.7 Å². The van der Waals surface area contributed by atoms with E-state index in [0.717, 1.165) is 0 Å². The van der Waals surface area contributed by atoms with Crippen molar-refractivity contribution >= 4 is 28.1 Å². The van der Waals surface area contributed by atoms with Crippen LogP contribution in [-0.4, -0.2) is 76.6 Å². The molecule has 3 heterocycles. The Morgan fingerprint density at radius 1 is 1.31 bits per heavy atom. The minimum Gasteiger partial charge on any atom is -0.379 e. The first-order valence-corrected chi connectivity index (χ1v) is 10.8. The number of aromatic amines is 1. The molecule has 0 aromatic carbocycles. The summed E-state index contributed by atoms with van der Waals surface area (Å²) in [4.78, 5) is 27.3. The highest BCUT2D eigenvalue weighted by atomic mass is 32.1. The van der Waals surface area contributed by atoms with E-state index in [1.807, 2.05) is 6.92 Å². The lowest BCUT2D eigenvalue weighted by Gasteiger charge is -2.34. The number of piperazine rings is 1. The average molecular weight is 475 g/mol. The zero-order valence-electron chi connectivity index (χ0n) is 17.6. The second-order valence-corrected chi connectivity index (χ2v) is 8.32. The van der Waals surface area contributed by atoms with E-state index >= 15 is 0 Å². The van der Waals surface area contributed by atoms with Crippen LogP contribution in [0.5, 0.6) is 0 Å². The van der Waals surface area contributed by atoms with E-state index in [1.165, 1.54) is 6.20 Å². The third kappa shape index (κ3) is 6.16. The molecule has 1 amide bonds. The molecule has 0 saturated carbocycles. The maximum absolute atomic E-state index is 12.7. The van der Waals surface area contributed by atoms with Crippen LogP contribution >= 0.6 is 11.3 Å². The Morgan fingerprint density at radius 3 is 2.69 bits per heavy atom. The zero-order valence-corrected chi connectivity index (χ0v) is 18.4. The predicted molar refractivity (Wildman–Crippen MR) is 112 cm³/mol. The Labute approximate surface area is 185 Å². The van der Waals surface area contributed by atoms with Crippen LogP contribution in [0.25, 0.3) is 0 Å². The van der Waals surface area contributed by atoms with Gasteiger partial charge in [0.15, 0.2) is 0 Å². The van der Waals surface area contributed by atoms with E-state index in [0.29, 0.717) is 55.4 Å². The van der Waals surface area contributed by atoms with Gasteiger partial charge >= 0.3 is 6.18 Å². The predicted octanol–water partition coefficient (Wildman–Crippen LogP) is 1.50. The first-order chi connectivity index (χ1) is 15.1. The van der Waals surface area contributed by atoms with Gasteiger partial charge in [0.25, 0.3) is 5.56 Å². The second-order valence-electron chi connectivity index (χ2n) is 7.36. The Morgan fingerprint density at radius 2 is 2.03 bits per heavy atom. The number of nitrogens with one attached hydrogen (secondary N) is 2. The van der Waals surface area contributed by atoms with Gasteiger partial charge in [0.2, 0.25) is 16.0 Å². The number of carbonyl (C=O) groups is 1. The second kappa shape index (κ2) is 10.3. The summed E-state index contributed by atoms with van der Waals surface area (Å²) in [6.07, 6.45) is -2.77. The van der Waals surface area contributed by atoms with E-state index in [9.17, 15) is 22.8 Å². The van der Waals surface area contributed by atoms with Crippen LogP contribution < -0.4 is 15.8 Å². The summed E-state index contributed by atoms with van der Waals surface area (Å²) in [5.74, 6) is -0.0758. The molecule has 0 bridgehead atoms. The molecule has 0 unspecified atom stereocenters. The number of amides is 1. The molecule has 0 aliphatic carbocycles. The molecule has 1 fully saturated rings. The molecule has 0 radical (unpaired) electrons. The summed E-state index contributed by atoms with van der Waals surface area (Å²) >= 11 is 0.504. The molecule has 0 spiro atoms. The van der Waals surface area contributed by atoms with Gasteiger partial charge in [0.1, 0.15) is 0 Å². The van der Waals surface area contributed by atoms with E-state index in [2.05, 4.69) is 25.7 Å². The lowest BCUT2D eigenvalue weighted by molar-refractivity contribution is -0.138. The van der Waals surface area contributed by atoms with Crippen molar-refractivity contribution in [3.05, 3.63) is 27.1 Å². The van der Waals surface area contributed by atoms with Crippen LogP contribution in [0.4, 0.5) is 24.0 Å². The molecule has 176 valence electrons. The largest absolute Gasteiger partial charge is 0.445 e. The fourth-order valence-corrected chi connectivity index (χ4v) is 3.86. The molecule has 2 aromatic heterocycles. The SMILES string of the molecule is Cc1c(N[C@@H](C)COCCC(=O)N2CCN(c3nnc(C(F)(F)F)s3)CC2)cn[nH]c1=O. The van der Waals surface area contributed by atoms with Crippen molar-refractivity contribution in [2.75, 3.05) is 49.6 Å². The van der Waals surface area contributed by atoms with Crippen molar-refractivity contribution in [3.63, 3.8) is 0 Å². The molecule has 2 aromatic rings. The number of alkyl halides is 3. The van der Waals surface area contributed by atoms with Gasteiger partial charge in [-0.3, -0.25) is 9.59 Å². The standard InChI is InChI=1S/C18H24F3N7O3S/c1-11(23-13-9-22-24-15(30)12(13)2)10-31-8-3-14(29)27-4-6-28(7-5-27)17-26-25-16(32-17)18(19,20)21/h9,11H,3-8,10H2,1-2H3,(H2,23,24,30)/t11-/m0/s1. The summed E-state index contributed by atoms with van der Waals surface area (Å²) in [6, 6.07) is -0.0931. The van der Waals surface area contributed by atoms with Crippen LogP contribution in [0.1, 0.15) is 23.9 Å². The molecule has 1 saturated heterocycles. The third-order valence-electron chi connectivity index (χ3n) is 4.89. The summed E-state index contributed by atoms with van der Waals surface area (Å²) in [5, 5.41) is 15.3. The highest BCUT2D eigenvalue weighted by Gasteiger charge is 2.36. The Kier molecular flexibility index (Phi) is 7.66. The summed E-state index contributed by atoms with van der Waals surface area (Å²) in [7, 11) is 0. The van der Waals surface area contributed by atoms with Gasteiger partial charge < -0.3 is 19.9 Å². The molecule has 1 aliphatic heterocycles. The van der Waals surface area contributed by atoms with Crippen molar-refractivity contribution < 1.29 is 22.7 Å². The summed E-state index contributed by atoms with van der Waals surface area (Å²) < 4.78 is 43.6. The van der Waals surface area contributed by atoms with Crippen molar-refractivity contribution in [1.82, 2.24) is 25.3 Å². The topological polar surface area (TPSA) is 116 Å². The number of hydrogen-bond acceptors (Lipinski definition) is 9. The van der Waals surface area contributed by atoms with Crippen LogP contribution in [0, 0.1) is 6.92 Å². The zero-order chi connectivity index (χ0) is 23.3. The molecule has 2 N–H and O–H groups in total. The number of hydrogen-bond donors (Lipinski definition) is 2. The summed E-state index contributed by atoms with van der Waals surface area (Å²) in [5.41, 5.74) is 0.890.